The summed E-state index contributed by atoms with van der Waals surface area (Å²) in [6, 6.07) is 0. The molecule has 0 saturated heterocycles. The predicted molar refractivity (Wildman–Crippen MR) is 53.6 cm³/mol. The van der Waals surface area contributed by atoms with Gasteiger partial charge in [0.05, 0.1) is 4.58 Å². The number of hydrogen-bond acceptors (Lipinski definition) is 1. The minimum Gasteiger partial charge on any atom is -0.146 e. The van der Waals surface area contributed by atoms with Crippen LogP contribution in [0.25, 0.3) is 0 Å². The zero-order chi connectivity index (χ0) is 7.98. The van der Waals surface area contributed by atoms with E-state index in [0.29, 0.717) is 10.5 Å². The highest BCUT2D eigenvalue weighted by Crippen LogP contribution is 2.23. The van der Waals surface area contributed by atoms with Crippen LogP contribution >= 0.6 is 24.4 Å². The van der Waals surface area contributed by atoms with Crippen molar-refractivity contribution in [1.29, 1.82) is 0 Å². The van der Waals surface area contributed by atoms with Gasteiger partial charge < -0.3 is 0 Å². The molecule has 0 aliphatic heterocycles. The minimum atomic E-state index is 0.423. The third kappa shape index (κ3) is 5.48. The molecule has 0 saturated carbocycles. The van der Waals surface area contributed by atoms with Gasteiger partial charge in [-0.3, -0.25) is 0 Å². The maximum absolute atomic E-state index is 5.24. The molecule has 2 heteroatoms. The first-order valence-corrected chi connectivity index (χ1v) is 5.48. The van der Waals surface area contributed by atoms with Crippen LogP contribution in [0.4, 0.5) is 0 Å². The van der Waals surface area contributed by atoms with E-state index in [1.54, 1.807) is 0 Å². The third-order valence-electron chi connectivity index (χ3n) is 1.32. The average Bonchev–Trinajstić information content (AvgIpc) is 1.88. The summed E-state index contributed by atoms with van der Waals surface area (Å²) in [5.41, 5.74) is 0. The normalized spacial score (nSPS) is 14.1. The fraction of sp³-hybridized carbons (Fsp3) is 1.00. The second-order valence-electron chi connectivity index (χ2n) is 2.84. The van der Waals surface area contributed by atoms with Gasteiger partial charge in [-0.2, -0.15) is 0 Å². The van der Waals surface area contributed by atoms with Crippen molar-refractivity contribution in [2.24, 2.45) is 5.92 Å². The molecule has 0 aromatic carbocycles. The van der Waals surface area contributed by atoms with Gasteiger partial charge in [0.1, 0.15) is 0 Å². The average molecular weight is 177 g/mol. The van der Waals surface area contributed by atoms with Gasteiger partial charge in [0.2, 0.25) is 0 Å². The van der Waals surface area contributed by atoms with E-state index in [1.165, 1.54) is 18.6 Å². The third-order valence-corrected chi connectivity index (χ3v) is 3.67. The Balaban J connectivity index is 3.13. The van der Waals surface area contributed by atoms with E-state index in [2.05, 4.69) is 20.8 Å². The van der Waals surface area contributed by atoms with Crippen molar-refractivity contribution in [1.82, 2.24) is 0 Å². The molecule has 1 radical (unpaired) electrons. The van der Waals surface area contributed by atoms with Crippen LogP contribution in [0.5, 0.6) is 0 Å². The second kappa shape index (κ2) is 6.41. The first-order chi connectivity index (χ1) is 4.68. The van der Waals surface area contributed by atoms with Gasteiger partial charge in [0.15, 0.2) is 0 Å². The van der Waals surface area contributed by atoms with Gasteiger partial charge in [0, 0.05) is 0 Å². The zero-order valence-electron chi connectivity index (χ0n) is 7.09. The summed E-state index contributed by atoms with van der Waals surface area (Å²) in [5, 5.41) is 0. The summed E-state index contributed by atoms with van der Waals surface area (Å²) < 4.78 is 0.423. The number of thioether (sulfide) groups is 1. The molecule has 0 heterocycles. The molecule has 0 aliphatic rings. The molecule has 10 heavy (non-hydrogen) atoms. The lowest BCUT2D eigenvalue weighted by Crippen LogP contribution is -2.03. The van der Waals surface area contributed by atoms with Crippen LogP contribution < -0.4 is 0 Å². The molecule has 1 unspecified atom stereocenters. The Labute approximate surface area is 74.6 Å². The Morgan fingerprint density at radius 1 is 1.40 bits per heavy atom. The van der Waals surface area contributed by atoms with Crippen molar-refractivity contribution in [2.75, 3.05) is 5.75 Å². The Hall–Kier alpha value is 0.700. The van der Waals surface area contributed by atoms with Crippen molar-refractivity contribution in [2.45, 2.75) is 38.2 Å². The minimum absolute atomic E-state index is 0.423. The molecule has 0 aromatic heterocycles. The SMILES string of the molecule is CCCCSC([S])C(C)C. The molecule has 0 aromatic rings. The topological polar surface area (TPSA) is 0 Å². The highest BCUT2D eigenvalue weighted by molar-refractivity contribution is 8.10. The number of rotatable bonds is 5. The van der Waals surface area contributed by atoms with Crippen LogP contribution in [-0.2, 0) is 0 Å². The van der Waals surface area contributed by atoms with E-state index in [1.807, 2.05) is 11.8 Å². The van der Waals surface area contributed by atoms with Gasteiger partial charge in [-0.05, 0) is 18.1 Å². The maximum Gasteiger partial charge on any atom is 0.0629 e. The molecule has 0 amide bonds. The molecule has 0 rings (SSSR count). The van der Waals surface area contributed by atoms with Crippen LogP contribution in [-0.4, -0.2) is 10.3 Å². The molecular formula is C8H17S2. The van der Waals surface area contributed by atoms with Gasteiger partial charge in [-0.25, -0.2) is 0 Å². The van der Waals surface area contributed by atoms with E-state index in [0.717, 1.165) is 0 Å². The largest absolute Gasteiger partial charge is 0.146 e. The quantitative estimate of drug-likeness (QED) is 0.577. The summed E-state index contributed by atoms with van der Waals surface area (Å²) in [6.45, 7) is 6.60. The van der Waals surface area contributed by atoms with Gasteiger partial charge in [0.25, 0.3) is 0 Å². The zero-order valence-corrected chi connectivity index (χ0v) is 8.73. The molecule has 0 nitrogen and oxygen atoms in total. The van der Waals surface area contributed by atoms with E-state index in [4.69, 9.17) is 12.6 Å². The molecule has 0 spiro atoms. The van der Waals surface area contributed by atoms with Gasteiger partial charge in [-0.1, -0.05) is 39.8 Å². The molecule has 0 bridgehead atoms. The van der Waals surface area contributed by atoms with Crippen LogP contribution in [0.3, 0.4) is 0 Å². The standard InChI is InChI=1S/C8H17S2/c1-4-5-6-10-8(9)7(2)3/h7-8H,4-6H2,1-3H3. The van der Waals surface area contributed by atoms with Crippen LogP contribution in [0.15, 0.2) is 0 Å². The molecular weight excluding hydrogens is 160 g/mol. The summed E-state index contributed by atoms with van der Waals surface area (Å²) in [4.78, 5) is 0. The molecule has 0 N–H and O–H groups in total. The monoisotopic (exact) mass is 177 g/mol. The Morgan fingerprint density at radius 3 is 2.40 bits per heavy atom. The smallest absolute Gasteiger partial charge is 0.0629 e. The molecule has 0 aliphatic carbocycles. The first-order valence-electron chi connectivity index (χ1n) is 3.96. The fourth-order valence-corrected chi connectivity index (χ4v) is 1.90. The lowest BCUT2D eigenvalue weighted by atomic mass is 10.3. The number of unbranched alkanes of at least 4 members (excludes halogenated alkanes) is 1. The lowest BCUT2D eigenvalue weighted by molar-refractivity contribution is 0.722. The fourth-order valence-electron chi connectivity index (χ4n) is 0.536. The lowest BCUT2D eigenvalue weighted by Gasteiger charge is -2.11. The van der Waals surface area contributed by atoms with Crippen LogP contribution in [0, 0.1) is 5.92 Å². The molecule has 61 valence electrons. The van der Waals surface area contributed by atoms with Gasteiger partial charge in [-0.15, -0.1) is 11.8 Å². The predicted octanol–water partition coefficient (Wildman–Crippen LogP) is 3.70. The van der Waals surface area contributed by atoms with E-state index < -0.39 is 0 Å². The van der Waals surface area contributed by atoms with E-state index >= 15 is 0 Å². The number of hydrogen-bond donors (Lipinski definition) is 0. The Bertz CT molecular complexity index is 71.7. The summed E-state index contributed by atoms with van der Waals surface area (Å²) in [5.74, 6) is 1.89. The van der Waals surface area contributed by atoms with Crippen LogP contribution in [0.2, 0.25) is 0 Å². The molecule has 0 fully saturated rings. The van der Waals surface area contributed by atoms with Crippen molar-refractivity contribution in [3.8, 4) is 0 Å². The van der Waals surface area contributed by atoms with E-state index in [9.17, 15) is 0 Å². The van der Waals surface area contributed by atoms with Crippen molar-refractivity contribution in [3.05, 3.63) is 0 Å². The summed E-state index contributed by atoms with van der Waals surface area (Å²) >= 11 is 7.16. The van der Waals surface area contributed by atoms with Gasteiger partial charge >= 0.3 is 0 Å². The Kier molecular flexibility index (Phi) is 6.86. The van der Waals surface area contributed by atoms with E-state index in [-0.39, 0.29) is 0 Å². The summed E-state index contributed by atoms with van der Waals surface area (Å²) in [6.07, 6.45) is 2.59. The Morgan fingerprint density at radius 2 is 2.00 bits per heavy atom. The first kappa shape index (κ1) is 10.7. The van der Waals surface area contributed by atoms with Crippen molar-refractivity contribution in [3.63, 3.8) is 0 Å². The highest BCUT2D eigenvalue weighted by atomic mass is 32.2. The molecule has 1 atom stereocenters. The summed E-state index contributed by atoms with van der Waals surface area (Å²) in [7, 11) is 0. The van der Waals surface area contributed by atoms with Crippen molar-refractivity contribution < 1.29 is 0 Å². The maximum atomic E-state index is 5.24. The van der Waals surface area contributed by atoms with Crippen LogP contribution in [0.1, 0.15) is 33.6 Å². The van der Waals surface area contributed by atoms with Crippen molar-refractivity contribution >= 4 is 24.4 Å². The highest BCUT2D eigenvalue weighted by Gasteiger charge is 2.07. The second-order valence-corrected chi connectivity index (χ2v) is 4.89.